The Hall–Kier alpha value is 0.240. The Labute approximate surface area is 93.6 Å². The summed E-state index contributed by atoms with van der Waals surface area (Å²) in [5, 5.41) is 0. The lowest BCUT2D eigenvalue weighted by molar-refractivity contribution is -0.545. The molecule has 0 radical (unpaired) electrons. The van der Waals surface area contributed by atoms with Gasteiger partial charge in [-0.1, -0.05) is 24.0 Å². The van der Waals surface area contributed by atoms with Gasteiger partial charge in [-0.15, -0.1) is 0 Å². The summed E-state index contributed by atoms with van der Waals surface area (Å²) in [7, 11) is 4.16. The van der Waals surface area contributed by atoms with Crippen molar-refractivity contribution in [2.75, 3.05) is 14.1 Å². The van der Waals surface area contributed by atoms with E-state index in [4.69, 9.17) is 12.2 Å². The van der Waals surface area contributed by atoms with Crippen LogP contribution in [0.1, 0.15) is 0 Å². The van der Waals surface area contributed by atoms with Gasteiger partial charge in [0, 0.05) is 18.8 Å². The molecule has 0 atom stereocenters. The van der Waals surface area contributed by atoms with E-state index in [2.05, 4.69) is 30.8 Å². The predicted molar refractivity (Wildman–Crippen MR) is 61.0 cm³/mol. The van der Waals surface area contributed by atoms with Crippen molar-refractivity contribution < 1.29 is 0 Å². The van der Waals surface area contributed by atoms with E-state index in [1.807, 2.05) is 0 Å². The molecule has 74 valence electrons. The van der Waals surface area contributed by atoms with Gasteiger partial charge < -0.3 is 4.90 Å². The van der Waals surface area contributed by atoms with Gasteiger partial charge in [0.15, 0.2) is 0 Å². The van der Waals surface area contributed by atoms with Crippen LogP contribution in [-0.4, -0.2) is 28.1 Å². The topological polar surface area (TPSA) is 3.24 Å². The molecule has 0 heterocycles. The molecule has 0 aromatic carbocycles. The molecule has 6 aliphatic rings. The molecule has 3 heteroatoms. The average molecular weight is 223 g/mol. The quantitative estimate of drug-likeness (QED) is 0.623. The van der Waals surface area contributed by atoms with Crippen molar-refractivity contribution in [3.63, 3.8) is 0 Å². The molecule has 1 nitrogen and oxygen atoms in total. The number of rotatable bonds is 1. The summed E-state index contributed by atoms with van der Waals surface area (Å²) in [5.74, 6) is 8.15. The van der Waals surface area contributed by atoms with Crippen molar-refractivity contribution in [2.24, 2.45) is 41.4 Å². The molecule has 0 aromatic rings. The minimum absolute atomic E-state index is 0.704. The molecule has 6 saturated carbocycles. The van der Waals surface area contributed by atoms with Gasteiger partial charge >= 0.3 is 0 Å². The molecule has 6 fully saturated rings. The Morgan fingerprint density at radius 2 is 1.57 bits per heavy atom. The highest BCUT2D eigenvalue weighted by atomic mass is 32.2. The van der Waals surface area contributed by atoms with Gasteiger partial charge in [-0.2, -0.15) is 0 Å². The van der Waals surface area contributed by atoms with Gasteiger partial charge in [0.05, 0.1) is 0 Å². The molecule has 0 bridgehead atoms. The second-order valence-electron chi connectivity index (χ2n) is 6.00. The Morgan fingerprint density at radius 3 is 2.00 bits per heavy atom. The highest BCUT2D eigenvalue weighted by molar-refractivity contribution is 8.23. The van der Waals surface area contributed by atoms with Crippen LogP contribution in [0.4, 0.5) is 0 Å². The summed E-state index contributed by atoms with van der Waals surface area (Å²) in [6, 6.07) is 0. The molecule has 0 amide bonds. The van der Waals surface area contributed by atoms with Crippen LogP contribution in [-0.2, 0) is 0 Å². The predicted octanol–water partition coefficient (Wildman–Crippen LogP) is 1.69. The Balaban J connectivity index is 1.45. The first-order chi connectivity index (χ1) is 6.69. The van der Waals surface area contributed by atoms with E-state index in [9.17, 15) is 0 Å². The minimum atomic E-state index is 0.704. The zero-order chi connectivity index (χ0) is 9.40. The standard InChI is InChI=1S/C11H13NS2/c1-12(2)10(13)14-11-7-4-3-5(7)9(11)6(3)8(4)11/h3-9H,1-2H3. The van der Waals surface area contributed by atoms with Gasteiger partial charge in [0.2, 0.25) is 0 Å². The molecular weight excluding hydrogens is 210 g/mol. The van der Waals surface area contributed by atoms with Crippen LogP contribution >= 0.6 is 24.0 Å². The third-order valence-electron chi connectivity index (χ3n) is 6.01. The highest BCUT2D eigenvalue weighted by Crippen LogP contribution is 3.04. The molecule has 0 saturated heterocycles. The van der Waals surface area contributed by atoms with E-state index in [-0.39, 0.29) is 0 Å². The summed E-state index contributed by atoms with van der Waals surface area (Å²) in [4.78, 5) is 2.11. The normalized spacial score (nSPS) is 71.7. The Kier molecular flexibility index (Phi) is 0.907. The van der Waals surface area contributed by atoms with Crippen molar-refractivity contribution >= 4 is 28.3 Å². The van der Waals surface area contributed by atoms with Crippen molar-refractivity contribution in [3.05, 3.63) is 0 Å². The Morgan fingerprint density at radius 1 is 1.07 bits per heavy atom. The number of hydrogen-bond donors (Lipinski definition) is 0. The molecule has 0 N–H and O–H groups in total. The van der Waals surface area contributed by atoms with Crippen LogP contribution in [0.3, 0.4) is 0 Å². The molecule has 0 unspecified atom stereocenters. The number of thioether (sulfide) groups is 1. The van der Waals surface area contributed by atoms with E-state index >= 15 is 0 Å². The number of nitrogens with zero attached hydrogens (tertiary/aromatic N) is 1. The second kappa shape index (κ2) is 1.69. The highest BCUT2D eigenvalue weighted by Gasteiger charge is 3.04. The van der Waals surface area contributed by atoms with Crippen molar-refractivity contribution in [3.8, 4) is 0 Å². The van der Waals surface area contributed by atoms with Crippen LogP contribution < -0.4 is 0 Å². The SMILES string of the molecule is CN(C)C(=S)SC12C3C4C5C3C1C5C42. The van der Waals surface area contributed by atoms with Crippen LogP contribution in [0, 0.1) is 41.4 Å². The number of thiocarbonyl (C=S) groups is 1. The lowest BCUT2D eigenvalue weighted by Gasteiger charge is -3.07. The lowest BCUT2D eigenvalue weighted by atomic mass is 9.01. The van der Waals surface area contributed by atoms with Gasteiger partial charge in [-0.3, -0.25) is 0 Å². The summed E-state index contributed by atoms with van der Waals surface area (Å²) in [5.41, 5.74) is 0. The summed E-state index contributed by atoms with van der Waals surface area (Å²) in [6.07, 6.45) is 0. The maximum atomic E-state index is 5.44. The van der Waals surface area contributed by atoms with Crippen LogP contribution in [0.15, 0.2) is 0 Å². The molecule has 14 heavy (non-hydrogen) atoms. The molecule has 0 spiro atoms. The fraction of sp³-hybridized carbons (Fsp3) is 0.909. The molecule has 6 aliphatic carbocycles. The van der Waals surface area contributed by atoms with Gasteiger partial charge in [-0.25, -0.2) is 0 Å². The van der Waals surface area contributed by atoms with Gasteiger partial charge in [0.1, 0.15) is 4.32 Å². The van der Waals surface area contributed by atoms with E-state index < -0.39 is 0 Å². The third-order valence-corrected chi connectivity index (χ3v) is 8.34. The monoisotopic (exact) mass is 223 g/mol. The van der Waals surface area contributed by atoms with Crippen LogP contribution in [0.5, 0.6) is 0 Å². The zero-order valence-electron chi connectivity index (χ0n) is 8.31. The maximum absolute atomic E-state index is 5.44. The fourth-order valence-electron chi connectivity index (χ4n) is 5.77. The van der Waals surface area contributed by atoms with E-state index in [0.29, 0.717) is 4.75 Å². The van der Waals surface area contributed by atoms with Crippen LogP contribution in [0.25, 0.3) is 0 Å². The summed E-state index contributed by atoms with van der Waals surface area (Å²) in [6.45, 7) is 0. The largest absolute Gasteiger partial charge is 0.364 e. The van der Waals surface area contributed by atoms with Crippen LogP contribution in [0.2, 0.25) is 0 Å². The molecule has 0 aliphatic heterocycles. The van der Waals surface area contributed by atoms with Gasteiger partial charge in [0.25, 0.3) is 0 Å². The first-order valence-corrected chi connectivity index (χ1v) is 6.82. The smallest absolute Gasteiger partial charge is 0.136 e. The summed E-state index contributed by atoms with van der Waals surface area (Å²) >= 11 is 7.50. The second-order valence-corrected chi connectivity index (χ2v) is 7.95. The fourth-order valence-corrected chi connectivity index (χ4v) is 8.04. The van der Waals surface area contributed by atoms with Crippen molar-refractivity contribution in [1.29, 1.82) is 0 Å². The summed E-state index contributed by atoms with van der Waals surface area (Å²) < 4.78 is 1.83. The molecular formula is C11H13NS2. The van der Waals surface area contributed by atoms with Gasteiger partial charge in [-0.05, 0) is 41.4 Å². The van der Waals surface area contributed by atoms with E-state index in [0.717, 1.165) is 22.1 Å². The molecule has 0 aromatic heterocycles. The maximum Gasteiger partial charge on any atom is 0.136 e. The third kappa shape index (κ3) is 0.387. The van der Waals surface area contributed by atoms with E-state index in [1.54, 1.807) is 0 Å². The number of hydrogen-bond acceptors (Lipinski definition) is 2. The zero-order valence-corrected chi connectivity index (χ0v) is 9.94. The minimum Gasteiger partial charge on any atom is -0.364 e. The molecule has 6 rings (SSSR count). The van der Waals surface area contributed by atoms with Crippen molar-refractivity contribution in [2.45, 2.75) is 4.75 Å². The Bertz CT molecular complexity index is 338. The lowest BCUT2D eigenvalue weighted by Crippen LogP contribution is -3.07. The average Bonchev–Trinajstić information content (AvgIpc) is 2.18. The van der Waals surface area contributed by atoms with Crippen molar-refractivity contribution in [1.82, 2.24) is 4.90 Å². The van der Waals surface area contributed by atoms with E-state index in [1.165, 1.54) is 23.7 Å². The first kappa shape index (κ1) is 7.50. The first-order valence-electron chi connectivity index (χ1n) is 5.60.